The third kappa shape index (κ3) is 2.48. The van der Waals surface area contributed by atoms with Gasteiger partial charge in [0.25, 0.3) is 11.8 Å². The van der Waals surface area contributed by atoms with Crippen LogP contribution in [0.3, 0.4) is 0 Å². The summed E-state index contributed by atoms with van der Waals surface area (Å²) in [5.74, 6) is -0.758. The summed E-state index contributed by atoms with van der Waals surface area (Å²) >= 11 is 0. The van der Waals surface area contributed by atoms with E-state index in [2.05, 4.69) is 10.1 Å². The summed E-state index contributed by atoms with van der Waals surface area (Å²) in [6.07, 6.45) is -0.656. The molecule has 7 nitrogen and oxygen atoms in total. The Kier molecular flexibility index (Phi) is 3.99. The van der Waals surface area contributed by atoms with E-state index in [0.29, 0.717) is 11.1 Å². The summed E-state index contributed by atoms with van der Waals surface area (Å²) in [7, 11) is 1.23. The number of imide groups is 1. The van der Waals surface area contributed by atoms with Crippen LogP contribution in [0.5, 0.6) is 0 Å². The number of ether oxygens (including phenoxy) is 1. The number of hydrogen-bond acceptors (Lipinski definition) is 5. The van der Waals surface area contributed by atoms with E-state index < -0.39 is 12.1 Å². The first-order valence-corrected chi connectivity index (χ1v) is 6.08. The number of hydrogen-bond donors (Lipinski definition) is 2. The van der Waals surface area contributed by atoms with Crippen LogP contribution in [0.1, 0.15) is 20.7 Å². The lowest BCUT2D eigenvalue weighted by Gasteiger charge is -2.21. The van der Waals surface area contributed by atoms with E-state index in [1.54, 1.807) is 24.3 Å². The molecule has 0 fully saturated rings. The van der Waals surface area contributed by atoms with Crippen LogP contribution in [0.2, 0.25) is 0 Å². The molecule has 0 aliphatic carbocycles. The first-order valence-electron chi connectivity index (χ1n) is 6.08. The van der Waals surface area contributed by atoms with Gasteiger partial charge in [0.15, 0.2) is 0 Å². The van der Waals surface area contributed by atoms with Crippen molar-refractivity contribution >= 4 is 17.9 Å². The number of nitrogens with zero attached hydrogens (tertiary/aromatic N) is 1. The minimum absolute atomic E-state index is 0.0119. The molecule has 1 atom stereocenters. The van der Waals surface area contributed by atoms with Gasteiger partial charge in [-0.3, -0.25) is 14.5 Å². The van der Waals surface area contributed by atoms with Crippen LogP contribution in [0, 0.1) is 0 Å². The predicted octanol–water partition coefficient (Wildman–Crippen LogP) is -0.0341. The third-order valence-electron chi connectivity index (χ3n) is 3.07. The number of fused-ring (bicyclic) bond motifs is 1. The Balaban J connectivity index is 2.13. The maximum absolute atomic E-state index is 12.1. The first-order chi connectivity index (χ1) is 9.58. The van der Waals surface area contributed by atoms with Crippen LogP contribution < -0.4 is 11.1 Å². The zero-order valence-corrected chi connectivity index (χ0v) is 11.0. The van der Waals surface area contributed by atoms with Crippen molar-refractivity contribution in [1.82, 2.24) is 10.2 Å². The number of carbonyl (C=O) groups excluding carboxylic acids is 3. The Morgan fingerprint density at radius 2 is 1.85 bits per heavy atom. The van der Waals surface area contributed by atoms with E-state index in [1.807, 2.05) is 0 Å². The van der Waals surface area contributed by atoms with Crippen LogP contribution in [0.15, 0.2) is 24.3 Å². The van der Waals surface area contributed by atoms with Gasteiger partial charge in [-0.15, -0.1) is 0 Å². The second-order valence-electron chi connectivity index (χ2n) is 4.34. The zero-order chi connectivity index (χ0) is 14.7. The molecule has 0 spiro atoms. The van der Waals surface area contributed by atoms with Crippen molar-refractivity contribution in [3.8, 4) is 0 Å². The highest BCUT2D eigenvalue weighted by Crippen LogP contribution is 2.22. The van der Waals surface area contributed by atoms with Crippen LogP contribution in [0.25, 0.3) is 0 Å². The molecule has 2 rings (SSSR count). The molecule has 3 amide bonds. The fraction of sp³-hybridized carbons (Fsp3) is 0.308. The second-order valence-corrected chi connectivity index (χ2v) is 4.34. The highest BCUT2D eigenvalue weighted by molar-refractivity contribution is 6.21. The van der Waals surface area contributed by atoms with E-state index in [9.17, 15) is 14.4 Å². The molecule has 0 saturated heterocycles. The van der Waals surface area contributed by atoms with Gasteiger partial charge in [0.2, 0.25) is 0 Å². The van der Waals surface area contributed by atoms with E-state index in [1.165, 1.54) is 7.11 Å². The number of alkyl carbamates (subject to hydrolysis) is 1. The average molecular weight is 277 g/mol. The first kappa shape index (κ1) is 14.0. The number of amides is 3. The normalized spacial score (nSPS) is 15.0. The molecule has 0 radical (unpaired) electrons. The molecule has 1 aliphatic heterocycles. The summed E-state index contributed by atoms with van der Waals surface area (Å²) in [6.45, 7) is 0.0977. The summed E-state index contributed by atoms with van der Waals surface area (Å²) < 4.78 is 4.47. The summed E-state index contributed by atoms with van der Waals surface area (Å²) in [6, 6.07) is 6.03. The van der Waals surface area contributed by atoms with E-state index in [-0.39, 0.29) is 24.9 Å². The molecule has 7 heteroatoms. The van der Waals surface area contributed by atoms with Crippen LogP contribution in [0.4, 0.5) is 4.79 Å². The minimum Gasteiger partial charge on any atom is -0.453 e. The number of methoxy groups -OCH3 is 1. The second kappa shape index (κ2) is 5.70. The SMILES string of the molecule is COC(=O)NC(CN)CN1C(=O)c2ccccc2C1=O. The van der Waals surface area contributed by atoms with Crippen molar-refractivity contribution in [3.05, 3.63) is 35.4 Å². The molecule has 1 aliphatic rings. The lowest BCUT2D eigenvalue weighted by atomic mass is 10.1. The van der Waals surface area contributed by atoms with Crippen molar-refractivity contribution < 1.29 is 19.1 Å². The Labute approximate surface area is 115 Å². The van der Waals surface area contributed by atoms with Gasteiger partial charge in [-0.2, -0.15) is 0 Å². The molecule has 1 unspecified atom stereocenters. The van der Waals surface area contributed by atoms with Crippen LogP contribution in [-0.4, -0.2) is 49.0 Å². The molecule has 0 bridgehead atoms. The van der Waals surface area contributed by atoms with E-state index >= 15 is 0 Å². The van der Waals surface area contributed by atoms with Crippen LogP contribution >= 0.6 is 0 Å². The molecular formula is C13H15N3O4. The summed E-state index contributed by atoms with van der Waals surface area (Å²) in [5, 5.41) is 2.48. The predicted molar refractivity (Wildman–Crippen MR) is 70.2 cm³/mol. The largest absolute Gasteiger partial charge is 0.453 e. The van der Waals surface area contributed by atoms with Crippen molar-refractivity contribution in [1.29, 1.82) is 0 Å². The highest BCUT2D eigenvalue weighted by Gasteiger charge is 2.36. The molecule has 1 aromatic carbocycles. The number of nitrogens with one attached hydrogen (secondary N) is 1. The lowest BCUT2D eigenvalue weighted by molar-refractivity contribution is 0.0636. The lowest BCUT2D eigenvalue weighted by Crippen LogP contribution is -2.49. The third-order valence-corrected chi connectivity index (χ3v) is 3.07. The average Bonchev–Trinajstić information content (AvgIpc) is 2.71. The quantitative estimate of drug-likeness (QED) is 0.752. The van der Waals surface area contributed by atoms with Crippen molar-refractivity contribution in [2.75, 3.05) is 20.2 Å². The zero-order valence-electron chi connectivity index (χ0n) is 11.0. The molecule has 20 heavy (non-hydrogen) atoms. The van der Waals surface area contributed by atoms with Gasteiger partial charge in [-0.25, -0.2) is 4.79 Å². The topological polar surface area (TPSA) is 102 Å². The smallest absolute Gasteiger partial charge is 0.407 e. The Bertz CT molecular complexity index is 523. The van der Waals surface area contributed by atoms with Crippen LogP contribution in [-0.2, 0) is 4.74 Å². The standard InChI is InChI=1S/C13H15N3O4/c1-20-13(19)15-8(6-14)7-16-11(17)9-4-2-3-5-10(9)12(16)18/h2-5,8H,6-7,14H2,1H3,(H,15,19). The monoisotopic (exact) mass is 277 g/mol. The van der Waals surface area contributed by atoms with Crippen molar-refractivity contribution in [2.24, 2.45) is 5.73 Å². The van der Waals surface area contributed by atoms with E-state index in [0.717, 1.165) is 4.90 Å². The van der Waals surface area contributed by atoms with Gasteiger partial charge in [-0.1, -0.05) is 12.1 Å². The maximum Gasteiger partial charge on any atom is 0.407 e. The number of rotatable bonds is 4. The molecular weight excluding hydrogens is 262 g/mol. The highest BCUT2D eigenvalue weighted by atomic mass is 16.5. The Morgan fingerprint density at radius 3 is 2.30 bits per heavy atom. The molecule has 0 saturated carbocycles. The van der Waals surface area contributed by atoms with Gasteiger partial charge in [0.1, 0.15) is 0 Å². The van der Waals surface area contributed by atoms with E-state index in [4.69, 9.17) is 5.73 Å². The molecule has 1 aromatic rings. The summed E-state index contributed by atoms with van der Waals surface area (Å²) in [5.41, 5.74) is 6.26. The molecule has 0 aromatic heterocycles. The molecule has 3 N–H and O–H groups in total. The van der Waals surface area contributed by atoms with Gasteiger partial charge in [0, 0.05) is 6.54 Å². The molecule has 106 valence electrons. The van der Waals surface area contributed by atoms with Crippen molar-refractivity contribution in [2.45, 2.75) is 6.04 Å². The maximum atomic E-state index is 12.1. The fourth-order valence-corrected chi connectivity index (χ4v) is 2.03. The number of nitrogens with two attached hydrogens (primary N) is 1. The Hall–Kier alpha value is -2.41. The Morgan fingerprint density at radius 1 is 1.30 bits per heavy atom. The minimum atomic E-state index is -0.656. The number of benzene rings is 1. The van der Waals surface area contributed by atoms with Gasteiger partial charge in [-0.05, 0) is 12.1 Å². The van der Waals surface area contributed by atoms with Gasteiger partial charge in [0.05, 0.1) is 30.8 Å². The van der Waals surface area contributed by atoms with Gasteiger partial charge >= 0.3 is 6.09 Å². The fourth-order valence-electron chi connectivity index (χ4n) is 2.03. The molecule has 1 heterocycles. The number of carbonyl (C=O) groups is 3. The summed E-state index contributed by atoms with van der Waals surface area (Å²) in [4.78, 5) is 36.5. The van der Waals surface area contributed by atoms with Gasteiger partial charge < -0.3 is 15.8 Å². The van der Waals surface area contributed by atoms with Crippen molar-refractivity contribution in [3.63, 3.8) is 0 Å².